The maximum atomic E-state index is 12.8. The Balaban J connectivity index is 1.73. The van der Waals surface area contributed by atoms with Gasteiger partial charge in [-0.1, -0.05) is 12.1 Å². The van der Waals surface area contributed by atoms with E-state index in [2.05, 4.69) is 0 Å². The molecule has 0 aliphatic heterocycles. The number of benzene rings is 2. The quantitative estimate of drug-likeness (QED) is 0.133. The summed E-state index contributed by atoms with van der Waals surface area (Å²) in [5.74, 6) is -5.39. The van der Waals surface area contributed by atoms with E-state index in [1.165, 1.54) is 43.5 Å². The SMILES string of the molecule is CO[C@H](CC(=O)OC1(C(=O)O)C[C@@H](O)[C@@H](O)[C@H](OC(=O)/C=C/c2ccc(O)c(O)c2)C1)c1ccc(O)c(O)c1. The van der Waals surface area contributed by atoms with E-state index in [1.807, 2.05) is 0 Å². The van der Waals surface area contributed by atoms with E-state index in [0.29, 0.717) is 5.56 Å². The first-order valence-corrected chi connectivity index (χ1v) is 11.6. The Morgan fingerprint density at radius 1 is 0.974 bits per heavy atom. The predicted molar refractivity (Wildman–Crippen MR) is 131 cm³/mol. The molecule has 39 heavy (non-hydrogen) atoms. The van der Waals surface area contributed by atoms with Gasteiger partial charge in [-0.25, -0.2) is 9.59 Å². The molecule has 1 fully saturated rings. The van der Waals surface area contributed by atoms with E-state index in [4.69, 9.17) is 14.2 Å². The van der Waals surface area contributed by atoms with E-state index in [1.54, 1.807) is 0 Å². The number of hydrogen-bond donors (Lipinski definition) is 7. The van der Waals surface area contributed by atoms with Crippen LogP contribution in [0.2, 0.25) is 0 Å². The monoisotopic (exact) mass is 548 g/mol. The van der Waals surface area contributed by atoms with Crippen molar-refractivity contribution in [2.45, 2.75) is 49.3 Å². The van der Waals surface area contributed by atoms with E-state index < -0.39 is 84.4 Å². The molecular formula is C26H28O13. The number of carboxylic acid groups (broad SMARTS) is 1. The van der Waals surface area contributed by atoms with E-state index in [-0.39, 0.29) is 11.3 Å². The topological polar surface area (TPSA) is 221 Å². The molecule has 0 heterocycles. The lowest BCUT2D eigenvalue weighted by molar-refractivity contribution is -0.210. The van der Waals surface area contributed by atoms with Crippen molar-refractivity contribution in [1.82, 2.24) is 0 Å². The largest absolute Gasteiger partial charge is 0.504 e. The number of aliphatic hydroxyl groups is 2. The van der Waals surface area contributed by atoms with Crippen LogP contribution in [0.4, 0.5) is 0 Å². The summed E-state index contributed by atoms with van der Waals surface area (Å²) in [6, 6.07) is 7.46. The fourth-order valence-electron chi connectivity index (χ4n) is 4.13. The number of carbonyl (C=O) groups is 3. The highest BCUT2D eigenvalue weighted by molar-refractivity contribution is 5.87. The van der Waals surface area contributed by atoms with Crippen molar-refractivity contribution >= 4 is 24.0 Å². The number of phenols is 4. The first kappa shape index (κ1) is 29.2. The second-order valence-electron chi connectivity index (χ2n) is 8.97. The molecule has 0 bridgehead atoms. The molecular weight excluding hydrogens is 520 g/mol. The van der Waals surface area contributed by atoms with Crippen molar-refractivity contribution in [1.29, 1.82) is 0 Å². The Morgan fingerprint density at radius 2 is 1.62 bits per heavy atom. The normalized spacial score (nSPS) is 23.7. The molecule has 0 amide bonds. The van der Waals surface area contributed by atoms with Gasteiger partial charge in [0.15, 0.2) is 23.0 Å². The molecule has 1 saturated carbocycles. The van der Waals surface area contributed by atoms with Crippen LogP contribution in [0.5, 0.6) is 23.0 Å². The van der Waals surface area contributed by atoms with Crippen LogP contribution in [-0.2, 0) is 28.6 Å². The van der Waals surface area contributed by atoms with Gasteiger partial charge in [0.2, 0.25) is 5.60 Å². The maximum absolute atomic E-state index is 12.8. The third-order valence-corrected chi connectivity index (χ3v) is 6.23. The molecule has 0 saturated heterocycles. The lowest BCUT2D eigenvalue weighted by atomic mass is 9.79. The zero-order valence-corrected chi connectivity index (χ0v) is 20.6. The molecule has 1 aliphatic rings. The first-order valence-electron chi connectivity index (χ1n) is 11.6. The van der Waals surface area contributed by atoms with Crippen LogP contribution >= 0.6 is 0 Å². The average Bonchev–Trinajstić information content (AvgIpc) is 2.87. The molecule has 3 rings (SSSR count). The highest BCUT2D eigenvalue weighted by atomic mass is 16.6. The molecule has 2 aromatic carbocycles. The number of esters is 2. The van der Waals surface area contributed by atoms with Gasteiger partial charge in [0, 0.05) is 26.0 Å². The van der Waals surface area contributed by atoms with Gasteiger partial charge in [0.1, 0.15) is 12.2 Å². The third kappa shape index (κ3) is 6.96. The van der Waals surface area contributed by atoms with Crippen molar-refractivity contribution in [2.24, 2.45) is 0 Å². The molecule has 1 aliphatic carbocycles. The first-order chi connectivity index (χ1) is 18.3. The lowest BCUT2D eigenvalue weighted by Crippen LogP contribution is -2.59. The summed E-state index contributed by atoms with van der Waals surface area (Å²) < 4.78 is 15.7. The summed E-state index contributed by atoms with van der Waals surface area (Å²) in [7, 11) is 1.26. The number of carbonyl (C=O) groups excluding carboxylic acids is 2. The highest BCUT2D eigenvalue weighted by Gasteiger charge is 2.54. The minimum atomic E-state index is -2.36. The van der Waals surface area contributed by atoms with Crippen LogP contribution in [0.3, 0.4) is 0 Å². The number of aliphatic carboxylic acids is 1. The van der Waals surface area contributed by atoms with Crippen LogP contribution in [0, 0.1) is 0 Å². The van der Waals surface area contributed by atoms with Gasteiger partial charge in [-0.15, -0.1) is 0 Å². The Labute approximate surface area is 221 Å². The van der Waals surface area contributed by atoms with Crippen molar-refractivity contribution in [3.63, 3.8) is 0 Å². The van der Waals surface area contributed by atoms with Crippen LogP contribution in [-0.4, -0.2) is 84.7 Å². The minimum Gasteiger partial charge on any atom is -0.504 e. The molecule has 0 spiro atoms. The Morgan fingerprint density at radius 3 is 2.21 bits per heavy atom. The molecule has 210 valence electrons. The number of aromatic hydroxyl groups is 4. The van der Waals surface area contributed by atoms with Gasteiger partial charge in [-0.3, -0.25) is 4.79 Å². The van der Waals surface area contributed by atoms with Crippen LogP contribution in [0.1, 0.15) is 36.5 Å². The van der Waals surface area contributed by atoms with Crippen LogP contribution in [0.25, 0.3) is 6.08 Å². The Bertz CT molecular complexity index is 1260. The van der Waals surface area contributed by atoms with Gasteiger partial charge in [-0.05, 0) is 41.5 Å². The van der Waals surface area contributed by atoms with E-state index in [9.17, 15) is 50.1 Å². The molecule has 2 aromatic rings. The summed E-state index contributed by atoms with van der Waals surface area (Å²) in [4.78, 5) is 37.3. The third-order valence-electron chi connectivity index (χ3n) is 6.23. The summed E-state index contributed by atoms with van der Waals surface area (Å²) in [6.07, 6.45) is -5.71. The van der Waals surface area contributed by atoms with Crippen LogP contribution < -0.4 is 0 Å². The molecule has 13 nitrogen and oxygen atoms in total. The van der Waals surface area contributed by atoms with E-state index in [0.717, 1.165) is 12.1 Å². The number of aliphatic hydroxyl groups excluding tert-OH is 2. The zero-order chi connectivity index (χ0) is 28.9. The number of phenolic OH excluding ortho intramolecular Hbond substituents is 4. The van der Waals surface area contributed by atoms with Crippen molar-refractivity contribution in [3.8, 4) is 23.0 Å². The molecule has 0 aromatic heterocycles. The Kier molecular flexibility index (Phi) is 9.01. The molecule has 0 radical (unpaired) electrons. The summed E-state index contributed by atoms with van der Waals surface area (Å²) in [6.45, 7) is 0. The summed E-state index contributed by atoms with van der Waals surface area (Å²) in [5.41, 5.74) is -1.76. The maximum Gasteiger partial charge on any atom is 0.348 e. The number of hydrogen-bond acceptors (Lipinski definition) is 12. The van der Waals surface area contributed by atoms with E-state index >= 15 is 0 Å². The second-order valence-corrected chi connectivity index (χ2v) is 8.97. The molecule has 7 N–H and O–H groups in total. The summed E-state index contributed by atoms with van der Waals surface area (Å²) >= 11 is 0. The molecule has 1 unspecified atom stereocenters. The Hall–Kier alpha value is -4.33. The number of rotatable bonds is 9. The van der Waals surface area contributed by atoms with Gasteiger partial charge in [0.25, 0.3) is 0 Å². The smallest absolute Gasteiger partial charge is 0.348 e. The van der Waals surface area contributed by atoms with Gasteiger partial charge in [0.05, 0.1) is 18.6 Å². The van der Waals surface area contributed by atoms with Gasteiger partial charge in [-0.2, -0.15) is 0 Å². The second kappa shape index (κ2) is 12.0. The minimum absolute atomic E-state index is 0.286. The van der Waals surface area contributed by atoms with Crippen molar-refractivity contribution in [2.75, 3.05) is 7.11 Å². The number of carboxylic acids is 1. The molecule has 13 heteroatoms. The lowest BCUT2D eigenvalue weighted by Gasteiger charge is -2.41. The summed E-state index contributed by atoms with van der Waals surface area (Å²) in [5, 5.41) is 68.7. The fourth-order valence-corrected chi connectivity index (χ4v) is 4.13. The molecule has 5 atom stereocenters. The van der Waals surface area contributed by atoms with Crippen molar-refractivity contribution < 1.29 is 64.3 Å². The van der Waals surface area contributed by atoms with Gasteiger partial charge >= 0.3 is 17.9 Å². The average molecular weight is 548 g/mol. The number of ether oxygens (including phenoxy) is 3. The predicted octanol–water partition coefficient (Wildman–Crippen LogP) is 1.09. The van der Waals surface area contributed by atoms with Crippen LogP contribution in [0.15, 0.2) is 42.5 Å². The zero-order valence-electron chi connectivity index (χ0n) is 20.6. The number of methoxy groups -OCH3 is 1. The highest BCUT2D eigenvalue weighted by Crippen LogP contribution is 2.36. The fraction of sp³-hybridized carbons (Fsp3) is 0.346. The standard InChI is InChI=1S/C26H28O13/c1-37-20(14-4-6-16(28)18(30)9-14)10-23(33)39-26(25(35)36)11-19(31)24(34)21(12-26)38-22(32)7-3-13-2-5-15(27)17(29)8-13/h2-9,19-21,24,27-31,34H,10-12H2,1H3,(H,35,36)/b7-3+/t19-,20-,21-,24-,26?/m1/s1. The van der Waals surface area contributed by atoms with Gasteiger partial charge < -0.3 is 50.0 Å². The van der Waals surface area contributed by atoms with Crippen molar-refractivity contribution in [3.05, 3.63) is 53.6 Å².